The first-order chi connectivity index (χ1) is 7.36. The van der Waals surface area contributed by atoms with E-state index < -0.39 is 0 Å². The maximum absolute atomic E-state index is 3.61. The first kappa shape index (κ1) is 10.7. The molecule has 1 heteroatoms. The quantitative estimate of drug-likeness (QED) is 0.779. The highest BCUT2D eigenvalue weighted by molar-refractivity contribution is 5.15. The zero-order chi connectivity index (χ0) is 10.5. The van der Waals surface area contributed by atoms with Gasteiger partial charge in [-0.3, -0.25) is 0 Å². The number of hydrogen-bond donors (Lipinski definition) is 1. The van der Waals surface area contributed by atoms with Gasteiger partial charge in [-0.1, -0.05) is 36.8 Å². The standard InChI is InChI=1S/C14H21N/c1-12-14(9-5-6-10-15-12)11-13-7-3-2-4-8-13/h2-4,7-8,12,14-15H,5-6,9-11H2,1H3. The van der Waals surface area contributed by atoms with Gasteiger partial charge < -0.3 is 5.32 Å². The molecule has 2 atom stereocenters. The Kier molecular flexibility index (Phi) is 3.79. The molecule has 1 heterocycles. The van der Waals surface area contributed by atoms with E-state index in [4.69, 9.17) is 0 Å². The van der Waals surface area contributed by atoms with Crippen molar-refractivity contribution in [1.82, 2.24) is 5.32 Å². The molecule has 1 N–H and O–H groups in total. The van der Waals surface area contributed by atoms with Gasteiger partial charge in [0.2, 0.25) is 0 Å². The summed E-state index contributed by atoms with van der Waals surface area (Å²) in [5, 5.41) is 3.61. The maximum atomic E-state index is 3.61. The van der Waals surface area contributed by atoms with E-state index >= 15 is 0 Å². The summed E-state index contributed by atoms with van der Waals surface area (Å²) in [6.45, 7) is 3.53. The Hall–Kier alpha value is -0.820. The number of benzene rings is 1. The minimum Gasteiger partial charge on any atom is -0.314 e. The zero-order valence-electron chi connectivity index (χ0n) is 9.58. The molecule has 2 rings (SSSR count). The molecule has 0 aromatic heterocycles. The Morgan fingerprint density at radius 2 is 2.00 bits per heavy atom. The lowest BCUT2D eigenvalue weighted by Crippen LogP contribution is -2.32. The highest BCUT2D eigenvalue weighted by atomic mass is 14.9. The summed E-state index contributed by atoms with van der Waals surface area (Å²) >= 11 is 0. The van der Waals surface area contributed by atoms with Gasteiger partial charge in [0.05, 0.1) is 0 Å². The molecule has 1 aromatic carbocycles. The van der Waals surface area contributed by atoms with Crippen LogP contribution in [0.4, 0.5) is 0 Å². The molecule has 15 heavy (non-hydrogen) atoms. The van der Waals surface area contributed by atoms with Crippen LogP contribution >= 0.6 is 0 Å². The molecular weight excluding hydrogens is 182 g/mol. The first-order valence-electron chi connectivity index (χ1n) is 6.13. The second-order valence-electron chi connectivity index (χ2n) is 4.69. The van der Waals surface area contributed by atoms with Gasteiger partial charge in [-0.05, 0) is 44.2 Å². The van der Waals surface area contributed by atoms with Crippen LogP contribution in [0.15, 0.2) is 30.3 Å². The summed E-state index contributed by atoms with van der Waals surface area (Å²) < 4.78 is 0. The lowest BCUT2D eigenvalue weighted by molar-refractivity contribution is 0.381. The molecule has 2 unspecified atom stereocenters. The predicted molar refractivity (Wildman–Crippen MR) is 65.0 cm³/mol. The van der Waals surface area contributed by atoms with Crippen LogP contribution in [0.2, 0.25) is 0 Å². The molecule has 0 amide bonds. The molecule has 1 nitrogen and oxygen atoms in total. The third kappa shape index (κ3) is 3.07. The van der Waals surface area contributed by atoms with Gasteiger partial charge in [0.25, 0.3) is 0 Å². The van der Waals surface area contributed by atoms with Gasteiger partial charge in [0.15, 0.2) is 0 Å². The van der Waals surface area contributed by atoms with Crippen molar-refractivity contribution in [3.63, 3.8) is 0 Å². The maximum Gasteiger partial charge on any atom is 0.00701 e. The Balaban J connectivity index is 1.97. The van der Waals surface area contributed by atoms with Crippen molar-refractivity contribution in [1.29, 1.82) is 0 Å². The van der Waals surface area contributed by atoms with Gasteiger partial charge in [-0.25, -0.2) is 0 Å². The van der Waals surface area contributed by atoms with Gasteiger partial charge >= 0.3 is 0 Å². The Labute approximate surface area is 92.9 Å². The molecule has 1 saturated heterocycles. The minimum atomic E-state index is 0.674. The largest absolute Gasteiger partial charge is 0.314 e. The molecule has 0 radical (unpaired) electrons. The fourth-order valence-electron chi connectivity index (χ4n) is 2.47. The smallest absolute Gasteiger partial charge is 0.00701 e. The lowest BCUT2D eigenvalue weighted by atomic mass is 9.90. The minimum absolute atomic E-state index is 0.674. The highest BCUT2D eigenvalue weighted by Gasteiger charge is 2.19. The summed E-state index contributed by atoms with van der Waals surface area (Å²) in [6, 6.07) is 11.6. The van der Waals surface area contributed by atoms with Crippen molar-refractivity contribution in [2.24, 2.45) is 5.92 Å². The normalized spacial score (nSPS) is 27.3. The Morgan fingerprint density at radius 1 is 1.20 bits per heavy atom. The van der Waals surface area contributed by atoms with Crippen LogP contribution in [0, 0.1) is 5.92 Å². The van der Waals surface area contributed by atoms with E-state index in [-0.39, 0.29) is 0 Å². The topological polar surface area (TPSA) is 12.0 Å². The van der Waals surface area contributed by atoms with Crippen LogP contribution in [0.1, 0.15) is 31.7 Å². The third-order valence-corrected chi connectivity index (χ3v) is 3.52. The van der Waals surface area contributed by atoms with Crippen LogP contribution in [0.3, 0.4) is 0 Å². The van der Waals surface area contributed by atoms with E-state index in [1.54, 1.807) is 0 Å². The molecule has 0 spiro atoms. The third-order valence-electron chi connectivity index (χ3n) is 3.52. The molecule has 82 valence electrons. The number of rotatable bonds is 2. The summed E-state index contributed by atoms with van der Waals surface area (Å²) in [5.41, 5.74) is 1.48. The molecule has 1 aliphatic heterocycles. The second-order valence-corrected chi connectivity index (χ2v) is 4.69. The molecule has 0 saturated carbocycles. The zero-order valence-corrected chi connectivity index (χ0v) is 9.58. The Bertz CT molecular complexity index is 281. The van der Waals surface area contributed by atoms with Crippen molar-refractivity contribution in [2.75, 3.05) is 6.54 Å². The van der Waals surface area contributed by atoms with E-state index in [0.29, 0.717) is 6.04 Å². The van der Waals surface area contributed by atoms with Crippen molar-refractivity contribution < 1.29 is 0 Å². The molecule has 0 aliphatic carbocycles. The van der Waals surface area contributed by atoms with Gasteiger partial charge in [-0.15, -0.1) is 0 Å². The average molecular weight is 203 g/mol. The predicted octanol–water partition coefficient (Wildman–Crippen LogP) is 3.01. The summed E-state index contributed by atoms with van der Waals surface area (Å²) in [6.07, 6.45) is 5.34. The van der Waals surface area contributed by atoms with Crippen LogP contribution < -0.4 is 5.32 Å². The van der Waals surface area contributed by atoms with Gasteiger partial charge in [0, 0.05) is 6.04 Å². The summed E-state index contributed by atoms with van der Waals surface area (Å²) in [4.78, 5) is 0. The molecule has 0 bridgehead atoms. The second kappa shape index (κ2) is 5.32. The van der Waals surface area contributed by atoms with E-state index in [9.17, 15) is 0 Å². The Morgan fingerprint density at radius 3 is 2.80 bits per heavy atom. The van der Waals surface area contributed by atoms with Crippen LogP contribution in [-0.2, 0) is 6.42 Å². The van der Waals surface area contributed by atoms with Crippen molar-refractivity contribution in [2.45, 2.75) is 38.6 Å². The fraction of sp³-hybridized carbons (Fsp3) is 0.571. The molecule has 1 fully saturated rings. The monoisotopic (exact) mass is 203 g/mol. The SMILES string of the molecule is CC1NCCCCC1Cc1ccccc1. The van der Waals surface area contributed by atoms with Crippen LogP contribution in [0.25, 0.3) is 0 Å². The van der Waals surface area contributed by atoms with E-state index in [0.717, 1.165) is 5.92 Å². The van der Waals surface area contributed by atoms with E-state index in [2.05, 4.69) is 42.6 Å². The molecular formula is C14H21N. The van der Waals surface area contributed by atoms with E-state index in [1.807, 2.05) is 0 Å². The van der Waals surface area contributed by atoms with Gasteiger partial charge in [0.1, 0.15) is 0 Å². The van der Waals surface area contributed by atoms with Crippen LogP contribution in [-0.4, -0.2) is 12.6 Å². The molecule has 1 aliphatic rings. The van der Waals surface area contributed by atoms with E-state index in [1.165, 1.54) is 37.8 Å². The van der Waals surface area contributed by atoms with Gasteiger partial charge in [-0.2, -0.15) is 0 Å². The first-order valence-corrected chi connectivity index (χ1v) is 6.13. The number of nitrogens with one attached hydrogen (secondary N) is 1. The average Bonchev–Trinajstić information content (AvgIpc) is 2.46. The lowest BCUT2D eigenvalue weighted by Gasteiger charge is -2.22. The summed E-state index contributed by atoms with van der Waals surface area (Å²) in [5.74, 6) is 0.815. The van der Waals surface area contributed by atoms with Crippen molar-refractivity contribution >= 4 is 0 Å². The highest BCUT2D eigenvalue weighted by Crippen LogP contribution is 2.21. The fourth-order valence-corrected chi connectivity index (χ4v) is 2.47. The number of hydrogen-bond acceptors (Lipinski definition) is 1. The summed E-state index contributed by atoms with van der Waals surface area (Å²) in [7, 11) is 0. The van der Waals surface area contributed by atoms with Crippen molar-refractivity contribution in [3.8, 4) is 0 Å². The van der Waals surface area contributed by atoms with Crippen molar-refractivity contribution in [3.05, 3.63) is 35.9 Å². The molecule has 1 aromatic rings. The van der Waals surface area contributed by atoms with Crippen LogP contribution in [0.5, 0.6) is 0 Å².